The number of halogens is 6. The molecule has 0 amide bonds. The fourth-order valence-corrected chi connectivity index (χ4v) is 5.38. The number of aromatic nitrogens is 1. The number of aliphatic hydroxyl groups excluding tert-OH is 1. The van der Waals surface area contributed by atoms with E-state index in [1.807, 2.05) is 0 Å². The summed E-state index contributed by atoms with van der Waals surface area (Å²) in [5, 5.41) is 12.5. The van der Waals surface area contributed by atoms with E-state index in [9.17, 15) is 5.11 Å². The van der Waals surface area contributed by atoms with E-state index in [1.54, 1.807) is 24.3 Å². The molecular weight excluding hydrogens is 467 g/mol. The zero-order valence-electron chi connectivity index (χ0n) is 12.1. The van der Waals surface area contributed by atoms with Crippen LogP contribution in [0.2, 0.25) is 30.1 Å². The highest BCUT2D eigenvalue weighted by atomic mass is 35.5. The molecule has 1 N–H and O–H groups in total. The first-order valence-corrected chi connectivity index (χ1v) is 9.80. The average Bonchev–Trinajstić information content (AvgIpc) is 2.88. The third kappa shape index (κ3) is 3.90. The molecular formula is C16H7Cl6NOS. The Morgan fingerprint density at radius 1 is 0.760 bits per heavy atom. The van der Waals surface area contributed by atoms with Gasteiger partial charge in [-0.15, -0.1) is 11.3 Å². The Kier molecular flexibility index (Phi) is 6.09. The van der Waals surface area contributed by atoms with Crippen molar-refractivity contribution < 1.29 is 5.11 Å². The fraction of sp³-hybridized carbons (Fsp3) is 0.0625. The van der Waals surface area contributed by atoms with E-state index in [0.29, 0.717) is 56.8 Å². The normalized spacial score (nSPS) is 11.2. The second-order valence-electron chi connectivity index (χ2n) is 4.94. The lowest BCUT2D eigenvalue weighted by Gasteiger charge is -2.07. The van der Waals surface area contributed by atoms with Crippen LogP contribution in [0.5, 0.6) is 0 Å². The summed E-state index contributed by atoms with van der Waals surface area (Å²) in [6.45, 7) is -0.245. The van der Waals surface area contributed by atoms with Gasteiger partial charge in [0.25, 0.3) is 0 Å². The van der Waals surface area contributed by atoms with Crippen LogP contribution in [-0.4, -0.2) is 10.1 Å². The van der Waals surface area contributed by atoms with Crippen LogP contribution >= 0.6 is 80.9 Å². The summed E-state index contributed by atoms with van der Waals surface area (Å²) < 4.78 is 0. The SMILES string of the molecule is OCc1sc(-c2c(Cl)cc(Cl)cc2Cl)nc1-c1c(Cl)cc(Cl)cc1Cl. The van der Waals surface area contributed by atoms with Crippen molar-refractivity contribution in [3.05, 3.63) is 59.3 Å². The third-order valence-electron chi connectivity index (χ3n) is 3.31. The molecule has 3 rings (SSSR count). The number of thiazole rings is 1. The highest BCUT2D eigenvalue weighted by Crippen LogP contribution is 2.45. The molecule has 9 heteroatoms. The largest absolute Gasteiger partial charge is 0.391 e. The van der Waals surface area contributed by atoms with Crippen LogP contribution in [0, 0.1) is 0 Å². The van der Waals surface area contributed by atoms with Gasteiger partial charge in [0.05, 0.1) is 37.3 Å². The van der Waals surface area contributed by atoms with Crippen molar-refractivity contribution in [1.82, 2.24) is 4.98 Å². The first kappa shape index (κ1) is 19.5. The zero-order valence-corrected chi connectivity index (χ0v) is 17.4. The van der Waals surface area contributed by atoms with Crippen LogP contribution in [-0.2, 0) is 6.61 Å². The highest BCUT2D eigenvalue weighted by Gasteiger charge is 2.22. The number of hydrogen-bond acceptors (Lipinski definition) is 3. The predicted molar refractivity (Wildman–Crippen MR) is 109 cm³/mol. The molecule has 0 atom stereocenters. The second kappa shape index (κ2) is 7.79. The minimum absolute atomic E-state index is 0.245. The number of rotatable bonds is 3. The van der Waals surface area contributed by atoms with Crippen LogP contribution in [0.1, 0.15) is 4.88 Å². The maximum atomic E-state index is 9.73. The van der Waals surface area contributed by atoms with Gasteiger partial charge in [-0.1, -0.05) is 69.6 Å². The van der Waals surface area contributed by atoms with Gasteiger partial charge in [0.15, 0.2) is 0 Å². The topological polar surface area (TPSA) is 33.1 Å². The molecule has 2 nitrogen and oxygen atoms in total. The molecule has 0 fully saturated rings. The van der Waals surface area contributed by atoms with Crippen LogP contribution in [0.15, 0.2) is 24.3 Å². The van der Waals surface area contributed by atoms with Gasteiger partial charge in [0.2, 0.25) is 0 Å². The Balaban J connectivity index is 2.24. The summed E-state index contributed by atoms with van der Waals surface area (Å²) in [6.07, 6.45) is 0. The number of nitrogens with zero attached hydrogens (tertiary/aromatic N) is 1. The van der Waals surface area contributed by atoms with Gasteiger partial charge in [-0.3, -0.25) is 0 Å². The van der Waals surface area contributed by atoms with Gasteiger partial charge in [-0.2, -0.15) is 0 Å². The Labute approximate surface area is 177 Å². The Bertz CT molecular complexity index is 925. The molecule has 0 aliphatic carbocycles. The van der Waals surface area contributed by atoms with E-state index in [1.165, 1.54) is 11.3 Å². The van der Waals surface area contributed by atoms with Gasteiger partial charge in [0.1, 0.15) is 5.01 Å². The van der Waals surface area contributed by atoms with Gasteiger partial charge < -0.3 is 5.11 Å². The first-order chi connectivity index (χ1) is 11.8. The molecule has 0 bridgehead atoms. The molecule has 25 heavy (non-hydrogen) atoms. The average molecular weight is 474 g/mol. The standard InChI is InChI=1S/C16H7Cl6NOS/c17-6-1-8(19)13(9(20)2-6)15-12(5-24)25-16(23-15)14-10(21)3-7(18)4-11(14)22/h1-4,24H,5H2. The van der Waals surface area contributed by atoms with Crippen molar-refractivity contribution in [2.45, 2.75) is 6.61 Å². The molecule has 2 aromatic carbocycles. The van der Waals surface area contributed by atoms with Gasteiger partial charge in [-0.25, -0.2) is 4.98 Å². The summed E-state index contributed by atoms with van der Waals surface area (Å²) in [5.41, 5.74) is 1.47. The molecule has 0 radical (unpaired) electrons. The van der Waals surface area contributed by atoms with Gasteiger partial charge in [0, 0.05) is 21.2 Å². The summed E-state index contributed by atoms with van der Waals surface area (Å²) in [7, 11) is 0. The fourth-order valence-electron chi connectivity index (χ4n) is 2.28. The van der Waals surface area contributed by atoms with Crippen molar-refractivity contribution in [3.8, 4) is 21.8 Å². The van der Waals surface area contributed by atoms with E-state index >= 15 is 0 Å². The van der Waals surface area contributed by atoms with Crippen molar-refractivity contribution in [2.24, 2.45) is 0 Å². The molecule has 0 aliphatic rings. The second-order valence-corrected chi connectivity index (χ2v) is 8.52. The minimum atomic E-state index is -0.245. The third-order valence-corrected chi connectivity index (χ3v) is 5.99. The lowest BCUT2D eigenvalue weighted by Crippen LogP contribution is -1.89. The van der Waals surface area contributed by atoms with E-state index in [-0.39, 0.29) is 6.61 Å². The van der Waals surface area contributed by atoms with Crippen molar-refractivity contribution in [1.29, 1.82) is 0 Å². The molecule has 0 saturated carbocycles. The number of benzene rings is 2. The van der Waals surface area contributed by atoms with Crippen LogP contribution in [0.4, 0.5) is 0 Å². The maximum absolute atomic E-state index is 9.73. The Morgan fingerprint density at radius 3 is 1.64 bits per heavy atom. The number of hydrogen-bond donors (Lipinski definition) is 1. The van der Waals surface area contributed by atoms with E-state index in [0.717, 1.165) is 0 Å². The lowest BCUT2D eigenvalue weighted by molar-refractivity contribution is 0.286. The van der Waals surface area contributed by atoms with Crippen LogP contribution < -0.4 is 0 Å². The molecule has 130 valence electrons. The minimum Gasteiger partial charge on any atom is -0.391 e. The Hall–Kier alpha value is -0.230. The highest BCUT2D eigenvalue weighted by molar-refractivity contribution is 7.15. The molecule has 0 spiro atoms. The van der Waals surface area contributed by atoms with Crippen molar-refractivity contribution in [3.63, 3.8) is 0 Å². The number of aliphatic hydroxyl groups is 1. The molecule has 1 aromatic heterocycles. The van der Waals surface area contributed by atoms with E-state index in [2.05, 4.69) is 4.98 Å². The molecule has 0 saturated heterocycles. The summed E-state index contributed by atoms with van der Waals surface area (Å²) in [6, 6.07) is 6.28. The predicted octanol–water partition coefficient (Wildman–Crippen LogP) is 7.89. The zero-order chi connectivity index (χ0) is 18.3. The molecule has 0 aliphatic heterocycles. The first-order valence-electron chi connectivity index (χ1n) is 6.72. The van der Waals surface area contributed by atoms with Gasteiger partial charge >= 0.3 is 0 Å². The van der Waals surface area contributed by atoms with E-state index < -0.39 is 0 Å². The summed E-state index contributed by atoms with van der Waals surface area (Å²) >= 11 is 38.3. The Morgan fingerprint density at radius 2 is 1.20 bits per heavy atom. The van der Waals surface area contributed by atoms with Crippen LogP contribution in [0.25, 0.3) is 21.8 Å². The molecule has 0 unspecified atom stereocenters. The summed E-state index contributed by atoms with van der Waals surface area (Å²) in [5.74, 6) is 0. The molecule has 1 heterocycles. The lowest BCUT2D eigenvalue weighted by atomic mass is 10.1. The maximum Gasteiger partial charge on any atom is 0.127 e. The smallest absolute Gasteiger partial charge is 0.127 e. The van der Waals surface area contributed by atoms with Crippen LogP contribution in [0.3, 0.4) is 0 Å². The van der Waals surface area contributed by atoms with Gasteiger partial charge in [-0.05, 0) is 24.3 Å². The quantitative estimate of drug-likeness (QED) is 0.419. The van der Waals surface area contributed by atoms with Crippen molar-refractivity contribution in [2.75, 3.05) is 0 Å². The van der Waals surface area contributed by atoms with Crippen molar-refractivity contribution >= 4 is 80.9 Å². The van der Waals surface area contributed by atoms with E-state index in [4.69, 9.17) is 69.6 Å². The molecule has 3 aromatic rings. The monoisotopic (exact) mass is 471 g/mol. The summed E-state index contributed by atoms with van der Waals surface area (Å²) in [4.78, 5) is 5.13.